The van der Waals surface area contributed by atoms with Gasteiger partial charge in [-0.1, -0.05) is 19.1 Å². The SMILES string of the molecule is CCC(=O)CCc1ccc(S(C)(=O)=O)cc1. The van der Waals surface area contributed by atoms with Crippen molar-refractivity contribution in [1.82, 2.24) is 0 Å². The molecule has 0 heterocycles. The van der Waals surface area contributed by atoms with Crippen LogP contribution in [0.5, 0.6) is 0 Å². The quantitative estimate of drug-likeness (QED) is 0.791. The number of Topliss-reactive ketones (excluding diaryl/α,β-unsaturated/α-hetero) is 1. The van der Waals surface area contributed by atoms with Crippen LogP contribution in [0, 0.1) is 0 Å². The summed E-state index contributed by atoms with van der Waals surface area (Å²) < 4.78 is 22.4. The van der Waals surface area contributed by atoms with Crippen molar-refractivity contribution < 1.29 is 13.2 Å². The highest BCUT2D eigenvalue weighted by Gasteiger charge is 2.06. The van der Waals surface area contributed by atoms with Gasteiger partial charge in [-0.2, -0.15) is 0 Å². The van der Waals surface area contributed by atoms with Gasteiger partial charge >= 0.3 is 0 Å². The predicted molar refractivity (Wildman–Crippen MR) is 63.2 cm³/mol. The summed E-state index contributed by atoms with van der Waals surface area (Å²) in [7, 11) is -3.12. The molecule has 4 heteroatoms. The molecule has 3 nitrogen and oxygen atoms in total. The third-order valence-electron chi connectivity index (χ3n) is 2.44. The fourth-order valence-corrected chi connectivity index (χ4v) is 1.99. The van der Waals surface area contributed by atoms with Gasteiger partial charge in [-0.05, 0) is 24.1 Å². The number of carbonyl (C=O) groups excluding carboxylic acids is 1. The van der Waals surface area contributed by atoms with Crippen LogP contribution in [-0.4, -0.2) is 20.5 Å². The van der Waals surface area contributed by atoms with E-state index in [1.165, 1.54) is 6.26 Å². The van der Waals surface area contributed by atoms with E-state index in [4.69, 9.17) is 0 Å². The Balaban J connectivity index is 2.69. The van der Waals surface area contributed by atoms with E-state index in [1.807, 2.05) is 6.92 Å². The van der Waals surface area contributed by atoms with Crippen LogP contribution in [0.25, 0.3) is 0 Å². The zero-order chi connectivity index (χ0) is 12.2. The molecule has 0 saturated carbocycles. The van der Waals surface area contributed by atoms with E-state index >= 15 is 0 Å². The van der Waals surface area contributed by atoms with E-state index in [0.29, 0.717) is 24.2 Å². The van der Waals surface area contributed by atoms with Crippen LogP contribution in [0.3, 0.4) is 0 Å². The maximum absolute atomic E-state index is 11.2. The second kappa shape index (κ2) is 5.25. The lowest BCUT2D eigenvalue weighted by Gasteiger charge is -2.02. The van der Waals surface area contributed by atoms with Crippen molar-refractivity contribution in [3.05, 3.63) is 29.8 Å². The summed E-state index contributed by atoms with van der Waals surface area (Å²) in [6.07, 6.45) is 2.94. The van der Waals surface area contributed by atoms with Crippen molar-refractivity contribution in [1.29, 1.82) is 0 Å². The monoisotopic (exact) mass is 240 g/mol. The van der Waals surface area contributed by atoms with Crippen molar-refractivity contribution in [2.75, 3.05) is 6.26 Å². The highest BCUT2D eigenvalue weighted by atomic mass is 32.2. The van der Waals surface area contributed by atoms with Crippen molar-refractivity contribution in [2.24, 2.45) is 0 Å². The molecular formula is C12H16O3S. The molecule has 16 heavy (non-hydrogen) atoms. The van der Waals surface area contributed by atoms with E-state index in [-0.39, 0.29) is 5.78 Å². The summed E-state index contributed by atoms with van der Waals surface area (Å²) in [4.78, 5) is 11.4. The first kappa shape index (κ1) is 12.9. The molecular weight excluding hydrogens is 224 g/mol. The molecule has 0 aliphatic carbocycles. The Labute approximate surface area is 96.4 Å². The van der Waals surface area contributed by atoms with Crippen LogP contribution in [0.15, 0.2) is 29.2 Å². The minimum atomic E-state index is -3.12. The van der Waals surface area contributed by atoms with Gasteiger partial charge in [-0.25, -0.2) is 8.42 Å². The normalized spacial score (nSPS) is 11.4. The molecule has 0 aliphatic heterocycles. The summed E-state index contributed by atoms with van der Waals surface area (Å²) in [6.45, 7) is 1.84. The third-order valence-corrected chi connectivity index (χ3v) is 3.57. The molecule has 0 radical (unpaired) electrons. The van der Waals surface area contributed by atoms with E-state index in [1.54, 1.807) is 24.3 Å². The van der Waals surface area contributed by atoms with Crippen LogP contribution in [0.2, 0.25) is 0 Å². The highest BCUT2D eigenvalue weighted by Crippen LogP contribution is 2.11. The fraction of sp³-hybridized carbons (Fsp3) is 0.417. The lowest BCUT2D eigenvalue weighted by atomic mass is 10.1. The number of hydrogen-bond donors (Lipinski definition) is 0. The average Bonchev–Trinajstić information content (AvgIpc) is 2.25. The predicted octanol–water partition coefficient (Wildman–Crippen LogP) is 2.00. The van der Waals surface area contributed by atoms with Crippen LogP contribution in [0.1, 0.15) is 25.3 Å². The maximum atomic E-state index is 11.2. The first-order chi connectivity index (χ1) is 7.43. The zero-order valence-electron chi connectivity index (χ0n) is 9.56. The van der Waals surface area contributed by atoms with Gasteiger partial charge in [0, 0.05) is 19.1 Å². The van der Waals surface area contributed by atoms with Crippen molar-refractivity contribution >= 4 is 15.6 Å². The van der Waals surface area contributed by atoms with Crippen LogP contribution in [-0.2, 0) is 21.1 Å². The fourth-order valence-electron chi connectivity index (χ4n) is 1.36. The zero-order valence-corrected chi connectivity index (χ0v) is 10.4. The second-order valence-corrected chi connectivity index (χ2v) is 5.82. The molecule has 1 rings (SSSR count). The van der Waals surface area contributed by atoms with Crippen LogP contribution >= 0.6 is 0 Å². The molecule has 0 aliphatic rings. The van der Waals surface area contributed by atoms with Crippen molar-refractivity contribution in [3.63, 3.8) is 0 Å². The molecule has 0 aromatic heterocycles. The Bertz CT molecular complexity index is 458. The minimum Gasteiger partial charge on any atom is -0.300 e. The number of ketones is 1. The number of aryl methyl sites for hydroxylation is 1. The van der Waals surface area contributed by atoms with E-state index in [0.717, 1.165) is 5.56 Å². The molecule has 1 aromatic rings. The van der Waals surface area contributed by atoms with E-state index in [2.05, 4.69) is 0 Å². The molecule has 0 amide bonds. The van der Waals surface area contributed by atoms with Gasteiger partial charge in [0.05, 0.1) is 4.90 Å². The minimum absolute atomic E-state index is 0.229. The van der Waals surface area contributed by atoms with Crippen LogP contribution in [0.4, 0.5) is 0 Å². The Kier molecular flexibility index (Phi) is 4.24. The molecule has 0 bridgehead atoms. The smallest absolute Gasteiger partial charge is 0.175 e. The first-order valence-electron chi connectivity index (χ1n) is 5.24. The Morgan fingerprint density at radius 1 is 1.19 bits per heavy atom. The summed E-state index contributed by atoms with van der Waals surface area (Å²) >= 11 is 0. The number of hydrogen-bond acceptors (Lipinski definition) is 3. The molecule has 0 saturated heterocycles. The summed E-state index contributed by atoms with van der Waals surface area (Å²) in [5, 5.41) is 0. The van der Waals surface area contributed by atoms with Crippen LogP contribution < -0.4 is 0 Å². The molecule has 0 N–H and O–H groups in total. The molecule has 0 unspecified atom stereocenters. The molecule has 0 fully saturated rings. The van der Waals surface area contributed by atoms with Gasteiger partial charge in [-0.3, -0.25) is 4.79 Å². The Morgan fingerprint density at radius 3 is 2.19 bits per heavy atom. The van der Waals surface area contributed by atoms with E-state index < -0.39 is 9.84 Å². The van der Waals surface area contributed by atoms with Gasteiger partial charge < -0.3 is 0 Å². The Hall–Kier alpha value is -1.16. The van der Waals surface area contributed by atoms with Gasteiger partial charge in [0.25, 0.3) is 0 Å². The molecule has 0 spiro atoms. The Morgan fingerprint density at radius 2 is 1.75 bits per heavy atom. The average molecular weight is 240 g/mol. The summed E-state index contributed by atoms with van der Waals surface area (Å²) in [5.41, 5.74) is 0.995. The summed E-state index contributed by atoms with van der Waals surface area (Å²) in [5.74, 6) is 0.229. The van der Waals surface area contributed by atoms with Gasteiger partial charge in [0.15, 0.2) is 9.84 Å². The van der Waals surface area contributed by atoms with Gasteiger partial charge in [0.1, 0.15) is 5.78 Å². The number of carbonyl (C=O) groups is 1. The van der Waals surface area contributed by atoms with Gasteiger partial charge in [0.2, 0.25) is 0 Å². The van der Waals surface area contributed by atoms with Crippen molar-refractivity contribution in [3.8, 4) is 0 Å². The lowest BCUT2D eigenvalue weighted by molar-refractivity contribution is -0.118. The first-order valence-corrected chi connectivity index (χ1v) is 7.13. The maximum Gasteiger partial charge on any atom is 0.175 e. The van der Waals surface area contributed by atoms with E-state index in [9.17, 15) is 13.2 Å². The topological polar surface area (TPSA) is 51.2 Å². The largest absolute Gasteiger partial charge is 0.300 e. The third kappa shape index (κ3) is 3.77. The molecule has 1 aromatic carbocycles. The second-order valence-electron chi connectivity index (χ2n) is 3.81. The number of sulfone groups is 1. The highest BCUT2D eigenvalue weighted by molar-refractivity contribution is 7.90. The number of rotatable bonds is 5. The molecule has 0 atom stereocenters. The number of benzene rings is 1. The van der Waals surface area contributed by atoms with Gasteiger partial charge in [-0.15, -0.1) is 0 Å². The standard InChI is InChI=1S/C12H16O3S/c1-3-11(13)7-4-10-5-8-12(9-6-10)16(2,14)15/h5-6,8-9H,3-4,7H2,1-2H3. The van der Waals surface area contributed by atoms with Crippen molar-refractivity contribution in [2.45, 2.75) is 31.1 Å². The molecule has 88 valence electrons. The summed E-state index contributed by atoms with van der Waals surface area (Å²) in [6, 6.07) is 6.70. The lowest BCUT2D eigenvalue weighted by Crippen LogP contribution is -1.99.